The molecular weight excluding hydrogens is 322 g/mol. The van der Waals surface area contributed by atoms with Crippen LogP contribution in [0.3, 0.4) is 0 Å². The van der Waals surface area contributed by atoms with Gasteiger partial charge < -0.3 is 16.2 Å². The van der Waals surface area contributed by atoms with Crippen molar-refractivity contribution >= 4 is 22.4 Å². The Labute approximate surface area is 144 Å². The van der Waals surface area contributed by atoms with E-state index in [0.29, 0.717) is 18.1 Å². The van der Waals surface area contributed by atoms with Crippen molar-refractivity contribution in [2.45, 2.75) is 38.3 Å². The number of carbonyl (C=O) groups excluding carboxylic acids is 1. The normalized spacial score (nSPS) is 17.3. The molecule has 6 heteroatoms. The Morgan fingerprint density at radius 1 is 1.38 bits per heavy atom. The van der Waals surface area contributed by atoms with Gasteiger partial charge in [0.25, 0.3) is 0 Å². The first kappa shape index (κ1) is 16.5. The molecule has 1 unspecified atom stereocenters. The summed E-state index contributed by atoms with van der Waals surface area (Å²) in [5, 5.41) is 13.1. The van der Waals surface area contributed by atoms with Gasteiger partial charge in [0.05, 0.1) is 12.2 Å². The van der Waals surface area contributed by atoms with Crippen LogP contribution in [0.2, 0.25) is 0 Å². The van der Waals surface area contributed by atoms with Crippen LogP contribution in [0.25, 0.3) is 0 Å². The van der Waals surface area contributed by atoms with Gasteiger partial charge in [-0.1, -0.05) is 24.0 Å². The van der Waals surface area contributed by atoms with Crippen LogP contribution in [0.5, 0.6) is 0 Å². The number of carbonyl (C=O) groups is 1. The number of nitrogen functional groups attached to an aromatic ring is 1. The second-order valence-electron chi connectivity index (χ2n) is 6.33. The van der Waals surface area contributed by atoms with Crippen LogP contribution in [0.1, 0.15) is 47.9 Å². The maximum absolute atomic E-state index is 12.0. The van der Waals surface area contributed by atoms with E-state index in [1.807, 2.05) is 24.3 Å². The number of nitrogens with two attached hydrogens (primary N) is 1. The number of hydrogen-bond donors (Lipinski definition) is 3. The van der Waals surface area contributed by atoms with Gasteiger partial charge >= 0.3 is 0 Å². The third-order valence-corrected chi connectivity index (χ3v) is 4.77. The minimum Gasteiger partial charge on any atom is -0.378 e. The summed E-state index contributed by atoms with van der Waals surface area (Å²) >= 11 is 1.44. The first-order valence-electron chi connectivity index (χ1n) is 7.69. The zero-order valence-corrected chi connectivity index (χ0v) is 14.4. The highest BCUT2D eigenvalue weighted by Gasteiger charge is 2.27. The smallest absolute Gasteiger partial charge is 0.221 e. The Morgan fingerprint density at radius 3 is 2.75 bits per heavy atom. The zero-order chi connectivity index (χ0) is 17.3. The highest BCUT2D eigenvalue weighted by molar-refractivity contribution is 7.15. The van der Waals surface area contributed by atoms with Gasteiger partial charge in [-0.05, 0) is 31.5 Å². The lowest BCUT2D eigenvalue weighted by molar-refractivity contribution is -0.121. The predicted molar refractivity (Wildman–Crippen MR) is 94.5 cm³/mol. The molecular formula is C18H19N3O2S. The Kier molecular flexibility index (Phi) is 4.31. The van der Waals surface area contributed by atoms with E-state index in [2.05, 4.69) is 22.1 Å². The van der Waals surface area contributed by atoms with Gasteiger partial charge in [-0.2, -0.15) is 0 Å². The van der Waals surface area contributed by atoms with Crippen LogP contribution in [0, 0.1) is 11.8 Å². The molecule has 24 heavy (non-hydrogen) atoms. The molecule has 0 fully saturated rings. The second kappa shape index (κ2) is 6.27. The molecule has 0 saturated carbocycles. The Hall–Kier alpha value is -2.36. The van der Waals surface area contributed by atoms with Crippen LogP contribution in [-0.2, 0) is 11.3 Å². The number of thiazole rings is 1. The Bertz CT molecular complexity index is 823. The number of amides is 1. The summed E-state index contributed by atoms with van der Waals surface area (Å²) in [7, 11) is 0. The Morgan fingerprint density at radius 2 is 2.08 bits per heavy atom. The van der Waals surface area contributed by atoms with E-state index in [-0.39, 0.29) is 11.8 Å². The van der Waals surface area contributed by atoms with Crippen molar-refractivity contribution in [2.24, 2.45) is 0 Å². The molecule has 124 valence electrons. The molecule has 4 N–H and O–H groups in total. The van der Waals surface area contributed by atoms with E-state index < -0.39 is 5.60 Å². The molecule has 2 aromatic rings. The van der Waals surface area contributed by atoms with Gasteiger partial charge in [-0.3, -0.25) is 4.79 Å². The summed E-state index contributed by atoms with van der Waals surface area (Å²) in [6, 6.07) is 7.75. The highest BCUT2D eigenvalue weighted by atomic mass is 32.1. The minimum atomic E-state index is -1.02. The SMILES string of the molecule is CC(C)(O)C#Cc1ccc(C2CC(=O)NCc3nc(N)sc32)cc1. The highest BCUT2D eigenvalue weighted by Crippen LogP contribution is 2.37. The van der Waals surface area contributed by atoms with E-state index in [1.54, 1.807) is 13.8 Å². The van der Waals surface area contributed by atoms with Crippen molar-refractivity contribution in [1.29, 1.82) is 0 Å². The number of anilines is 1. The van der Waals surface area contributed by atoms with E-state index in [4.69, 9.17) is 5.73 Å². The summed E-state index contributed by atoms with van der Waals surface area (Å²) in [5.41, 5.74) is 7.52. The lowest BCUT2D eigenvalue weighted by Gasteiger charge is -2.13. The fourth-order valence-corrected chi connectivity index (χ4v) is 3.59. The largest absolute Gasteiger partial charge is 0.378 e. The molecule has 3 rings (SSSR count). The van der Waals surface area contributed by atoms with E-state index in [9.17, 15) is 9.90 Å². The molecule has 0 bridgehead atoms. The molecule has 0 aliphatic carbocycles. The number of rotatable bonds is 1. The van der Waals surface area contributed by atoms with E-state index in [0.717, 1.165) is 21.7 Å². The van der Waals surface area contributed by atoms with Crippen molar-refractivity contribution in [3.05, 3.63) is 46.0 Å². The monoisotopic (exact) mass is 341 g/mol. The number of aliphatic hydroxyl groups is 1. The van der Waals surface area contributed by atoms with Crippen LogP contribution in [0.4, 0.5) is 5.13 Å². The summed E-state index contributed by atoms with van der Waals surface area (Å²) in [4.78, 5) is 17.4. The molecule has 1 aromatic heterocycles. The summed E-state index contributed by atoms with van der Waals surface area (Å²) in [6.07, 6.45) is 0.378. The van der Waals surface area contributed by atoms with Gasteiger partial charge in [0.1, 0.15) is 5.60 Å². The number of nitrogens with zero attached hydrogens (tertiary/aromatic N) is 1. The number of nitrogens with one attached hydrogen (secondary N) is 1. The molecule has 5 nitrogen and oxygen atoms in total. The number of aromatic nitrogens is 1. The van der Waals surface area contributed by atoms with Crippen LogP contribution >= 0.6 is 11.3 Å². The van der Waals surface area contributed by atoms with Crippen LogP contribution in [-0.4, -0.2) is 21.6 Å². The molecule has 1 aromatic carbocycles. The average Bonchev–Trinajstić information content (AvgIpc) is 2.82. The maximum atomic E-state index is 12.0. The minimum absolute atomic E-state index is 0.00895. The summed E-state index contributed by atoms with van der Waals surface area (Å²) in [5.74, 6) is 5.70. The summed E-state index contributed by atoms with van der Waals surface area (Å²) in [6.45, 7) is 3.72. The van der Waals surface area contributed by atoms with Gasteiger partial charge in [-0.25, -0.2) is 4.98 Å². The molecule has 0 saturated heterocycles. The zero-order valence-electron chi connectivity index (χ0n) is 13.6. The molecule has 0 radical (unpaired) electrons. The number of benzene rings is 1. The molecule has 1 atom stereocenters. The number of hydrogen-bond acceptors (Lipinski definition) is 5. The van der Waals surface area contributed by atoms with Crippen LogP contribution in [0.15, 0.2) is 24.3 Å². The van der Waals surface area contributed by atoms with Crippen molar-refractivity contribution < 1.29 is 9.90 Å². The first-order valence-corrected chi connectivity index (χ1v) is 8.51. The Balaban J connectivity index is 1.92. The lowest BCUT2D eigenvalue weighted by Crippen LogP contribution is -2.21. The molecule has 0 spiro atoms. The second-order valence-corrected chi connectivity index (χ2v) is 7.39. The number of fused-ring (bicyclic) bond motifs is 1. The van der Waals surface area contributed by atoms with E-state index in [1.165, 1.54) is 11.3 Å². The fraction of sp³-hybridized carbons (Fsp3) is 0.333. The molecule has 1 amide bonds. The topological polar surface area (TPSA) is 88.2 Å². The fourth-order valence-electron chi connectivity index (χ4n) is 2.61. The van der Waals surface area contributed by atoms with Gasteiger partial charge in [-0.15, -0.1) is 11.3 Å². The standard InChI is InChI=1S/C18H19N3O2S/c1-18(2,23)8-7-11-3-5-12(6-4-11)13-9-15(22)20-10-14-16(13)24-17(19)21-14/h3-6,13,23H,9-10H2,1-2H3,(H2,19,21)(H,20,22). The van der Waals surface area contributed by atoms with Crippen molar-refractivity contribution in [3.63, 3.8) is 0 Å². The van der Waals surface area contributed by atoms with Crippen molar-refractivity contribution in [1.82, 2.24) is 10.3 Å². The summed E-state index contributed by atoms with van der Waals surface area (Å²) < 4.78 is 0. The predicted octanol–water partition coefficient (Wildman–Crippen LogP) is 2.00. The maximum Gasteiger partial charge on any atom is 0.221 e. The van der Waals surface area contributed by atoms with Gasteiger partial charge in [0.15, 0.2) is 5.13 Å². The van der Waals surface area contributed by atoms with Crippen molar-refractivity contribution in [2.75, 3.05) is 5.73 Å². The van der Waals surface area contributed by atoms with Crippen LogP contribution < -0.4 is 11.1 Å². The lowest BCUT2D eigenvalue weighted by atomic mass is 9.93. The molecule has 1 aliphatic heterocycles. The third-order valence-electron chi connectivity index (χ3n) is 3.73. The van der Waals surface area contributed by atoms with Gasteiger partial charge in [0, 0.05) is 22.8 Å². The third kappa shape index (κ3) is 3.75. The first-order chi connectivity index (χ1) is 11.3. The van der Waals surface area contributed by atoms with Crippen molar-refractivity contribution in [3.8, 4) is 11.8 Å². The van der Waals surface area contributed by atoms with Gasteiger partial charge in [0.2, 0.25) is 5.91 Å². The molecule has 2 heterocycles. The average molecular weight is 341 g/mol. The quantitative estimate of drug-likeness (QED) is 0.692. The molecule has 1 aliphatic rings. The van der Waals surface area contributed by atoms with E-state index >= 15 is 0 Å².